The van der Waals surface area contributed by atoms with Gasteiger partial charge in [-0.1, -0.05) is 0 Å². The van der Waals surface area contributed by atoms with E-state index in [0.717, 1.165) is 0 Å². The van der Waals surface area contributed by atoms with Crippen molar-refractivity contribution in [3.8, 4) is 0 Å². The summed E-state index contributed by atoms with van der Waals surface area (Å²) < 4.78 is 53.3. The van der Waals surface area contributed by atoms with Crippen molar-refractivity contribution < 1.29 is 22.7 Å². The van der Waals surface area contributed by atoms with E-state index < -0.39 is 29.2 Å². The molecule has 0 spiro atoms. The first-order chi connectivity index (χ1) is 9.32. The molecular weight excluding hydrogens is 276 g/mol. The molecule has 1 N–H and O–H groups in total. The van der Waals surface area contributed by atoms with Crippen LogP contribution >= 0.6 is 0 Å². The number of alkyl halides is 3. The van der Waals surface area contributed by atoms with Crippen LogP contribution in [0.3, 0.4) is 0 Å². The molecule has 7 heteroatoms. The van der Waals surface area contributed by atoms with Crippen LogP contribution in [0.2, 0.25) is 0 Å². The van der Waals surface area contributed by atoms with Crippen LogP contribution in [0, 0.1) is 5.82 Å². The van der Waals surface area contributed by atoms with Crippen LogP contribution in [-0.4, -0.2) is 14.9 Å². The Morgan fingerprint density at radius 3 is 2.60 bits per heavy atom. The summed E-state index contributed by atoms with van der Waals surface area (Å²) in [5.74, 6) is -0.838. The van der Waals surface area contributed by atoms with Gasteiger partial charge >= 0.3 is 6.18 Å². The second-order valence-corrected chi connectivity index (χ2v) is 4.26. The molecule has 0 saturated carbocycles. The van der Waals surface area contributed by atoms with Gasteiger partial charge in [0.05, 0.1) is 11.8 Å². The summed E-state index contributed by atoms with van der Waals surface area (Å²) in [6.45, 7) is 2.31. The van der Waals surface area contributed by atoms with Crippen molar-refractivity contribution in [2.45, 2.75) is 25.7 Å². The average Bonchev–Trinajstić information content (AvgIpc) is 2.85. The third-order valence-corrected chi connectivity index (χ3v) is 2.91. The van der Waals surface area contributed by atoms with Crippen molar-refractivity contribution in [3.63, 3.8) is 0 Å². The molecule has 1 unspecified atom stereocenters. The van der Waals surface area contributed by atoms with E-state index >= 15 is 0 Å². The normalized spacial score (nSPS) is 13.5. The second-order valence-electron chi connectivity index (χ2n) is 4.26. The summed E-state index contributed by atoms with van der Waals surface area (Å²) in [6, 6.07) is 2.03. The maximum absolute atomic E-state index is 13.2. The number of aromatic nitrogens is 2. The van der Waals surface area contributed by atoms with Gasteiger partial charge in [0, 0.05) is 23.9 Å². The largest absolute Gasteiger partial charge is 0.416 e. The molecule has 0 aliphatic rings. The molecule has 108 valence electrons. The van der Waals surface area contributed by atoms with Gasteiger partial charge in [-0.2, -0.15) is 18.3 Å². The van der Waals surface area contributed by atoms with Crippen molar-refractivity contribution in [2.24, 2.45) is 0 Å². The lowest BCUT2D eigenvalue weighted by Gasteiger charge is -2.16. The van der Waals surface area contributed by atoms with E-state index in [-0.39, 0.29) is 5.56 Å². The van der Waals surface area contributed by atoms with Gasteiger partial charge in [0.25, 0.3) is 0 Å². The van der Waals surface area contributed by atoms with E-state index in [9.17, 15) is 22.7 Å². The van der Waals surface area contributed by atoms with E-state index in [1.54, 1.807) is 6.92 Å². The fraction of sp³-hybridized carbons (Fsp3) is 0.308. The summed E-state index contributed by atoms with van der Waals surface area (Å²) in [6.07, 6.45) is -3.55. The lowest BCUT2D eigenvalue weighted by Crippen LogP contribution is -2.13. The number of benzene rings is 1. The highest BCUT2D eigenvalue weighted by Gasteiger charge is 2.35. The van der Waals surface area contributed by atoms with Gasteiger partial charge in [-0.15, -0.1) is 0 Å². The third kappa shape index (κ3) is 2.82. The number of aliphatic hydroxyl groups excluding tert-OH is 1. The number of rotatable bonds is 3. The highest BCUT2D eigenvalue weighted by atomic mass is 19.4. The summed E-state index contributed by atoms with van der Waals surface area (Å²) in [7, 11) is 0. The van der Waals surface area contributed by atoms with Gasteiger partial charge in [0.1, 0.15) is 11.9 Å². The Kier molecular flexibility index (Phi) is 3.80. The number of hydrogen-bond acceptors (Lipinski definition) is 2. The van der Waals surface area contributed by atoms with Crippen LogP contribution in [0.25, 0.3) is 0 Å². The highest BCUT2D eigenvalue weighted by Crippen LogP contribution is 2.36. The molecule has 0 aliphatic carbocycles. The second kappa shape index (κ2) is 5.24. The lowest BCUT2D eigenvalue weighted by atomic mass is 9.98. The van der Waals surface area contributed by atoms with Crippen LogP contribution in [0.1, 0.15) is 29.7 Å². The molecule has 0 bridgehead atoms. The molecule has 1 atom stereocenters. The Balaban J connectivity index is 2.47. The van der Waals surface area contributed by atoms with Crippen LogP contribution in [0.4, 0.5) is 17.6 Å². The Hall–Kier alpha value is -1.89. The SMILES string of the molecule is CCn1cc(C(O)c2cc(F)ccc2C(F)(F)F)cn1. The van der Waals surface area contributed by atoms with E-state index in [2.05, 4.69) is 5.10 Å². The maximum Gasteiger partial charge on any atom is 0.416 e. The number of aliphatic hydroxyl groups is 1. The molecular formula is C13H12F4N2O. The van der Waals surface area contributed by atoms with Gasteiger partial charge in [-0.3, -0.25) is 4.68 Å². The molecule has 1 aromatic carbocycles. The molecule has 1 heterocycles. The molecule has 20 heavy (non-hydrogen) atoms. The molecule has 0 fully saturated rings. The van der Waals surface area contributed by atoms with E-state index in [1.807, 2.05) is 0 Å². The van der Waals surface area contributed by atoms with Gasteiger partial charge in [0.15, 0.2) is 0 Å². The Bertz CT molecular complexity index is 607. The zero-order valence-corrected chi connectivity index (χ0v) is 10.5. The van der Waals surface area contributed by atoms with Gasteiger partial charge < -0.3 is 5.11 Å². The van der Waals surface area contributed by atoms with Gasteiger partial charge in [-0.25, -0.2) is 4.39 Å². The standard InChI is InChI=1S/C13H12F4N2O/c1-2-19-7-8(6-18-19)12(20)10-5-9(14)3-4-11(10)13(15,16)17/h3-7,12,20H,2H2,1H3. The Morgan fingerprint density at radius 2 is 2.05 bits per heavy atom. The highest BCUT2D eigenvalue weighted by molar-refractivity contribution is 5.36. The molecule has 1 aromatic heterocycles. The minimum atomic E-state index is -4.66. The molecule has 0 saturated heterocycles. The first-order valence-corrected chi connectivity index (χ1v) is 5.90. The topological polar surface area (TPSA) is 38.0 Å². The monoisotopic (exact) mass is 288 g/mol. The maximum atomic E-state index is 13.2. The fourth-order valence-electron chi connectivity index (χ4n) is 1.89. The van der Waals surface area contributed by atoms with Gasteiger partial charge in [0.2, 0.25) is 0 Å². The fourth-order valence-corrected chi connectivity index (χ4v) is 1.89. The summed E-state index contributed by atoms with van der Waals surface area (Å²) in [4.78, 5) is 0. The summed E-state index contributed by atoms with van der Waals surface area (Å²) in [5, 5.41) is 13.9. The van der Waals surface area contributed by atoms with Crippen LogP contribution in [0.5, 0.6) is 0 Å². The first-order valence-electron chi connectivity index (χ1n) is 5.90. The molecule has 2 rings (SSSR count). The first kappa shape index (κ1) is 14.5. The third-order valence-electron chi connectivity index (χ3n) is 2.91. The molecule has 0 amide bonds. The number of halogens is 4. The average molecular weight is 288 g/mol. The summed E-state index contributed by atoms with van der Waals surface area (Å²) >= 11 is 0. The van der Waals surface area contributed by atoms with Crippen LogP contribution < -0.4 is 0 Å². The minimum Gasteiger partial charge on any atom is -0.384 e. The Morgan fingerprint density at radius 1 is 1.35 bits per heavy atom. The van der Waals surface area contributed by atoms with Crippen LogP contribution in [-0.2, 0) is 12.7 Å². The van der Waals surface area contributed by atoms with E-state index in [0.29, 0.717) is 24.7 Å². The van der Waals surface area contributed by atoms with E-state index in [4.69, 9.17) is 0 Å². The molecule has 2 aromatic rings. The smallest absolute Gasteiger partial charge is 0.384 e. The number of aryl methyl sites for hydroxylation is 1. The zero-order chi connectivity index (χ0) is 14.9. The Labute approximate surface area is 112 Å². The minimum absolute atomic E-state index is 0.183. The quantitative estimate of drug-likeness (QED) is 0.881. The number of nitrogens with zero attached hydrogens (tertiary/aromatic N) is 2. The molecule has 3 nitrogen and oxygen atoms in total. The van der Waals surface area contributed by atoms with Crippen LogP contribution in [0.15, 0.2) is 30.6 Å². The van der Waals surface area contributed by atoms with Gasteiger partial charge in [-0.05, 0) is 25.1 Å². The van der Waals surface area contributed by atoms with Crippen molar-refractivity contribution in [3.05, 3.63) is 53.1 Å². The van der Waals surface area contributed by atoms with Crippen molar-refractivity contribution in [2.75, 3.05) is 0 Å². The van der Waals surface area contributed by atoms with Crippen molar-refractivity contribution in [1.82, 2.24) is 9.78 Å². The van der Waals surface area contributed by atoms with Crippen molar-refractivity contribution in [1.29, 1.82) is 0 Å². The predicted molar refractivity (Wildman–Crippen MR) is 63.4 cm³/mol. The zero-order valence-electron chi connectivity index (χ0n) is 10.5. The lowest BCUT2D eigenvalue weighted by molar-refractivity contribution is -0.139. The van der Waals surface area contributed by atoms with E-state index in [1.165, 1.54) is 17.1 Å². The summed E-state index contributed by atoms with van der Waals surface area (Å²) in [5.41, 5.74) is -1.40. The van der Waals surface area contributed by atoms with Crippen molar-refractivity contribution >= 4 is 0 Å². The predicted octanol–water partition coefficient (Wildman–Crippen LogP) is 3.14. The molecule has 0 radical (unpaired) electrons. The molecule has 0 aliphatic heterocycles. The number of hydrogen-bond donors (Lipinski definition) is 1.